The lowest BCUT2D eigenvalue weighted by Gasteiger charge is -2.11. The van der Waals surface area contributed by atoms with Gasteiger partial charge in [0.15, 0.2) is 11.6 Å². The number of methoxy groups -OCH3 is 1. The van der Waals surface area contributed by atoms with E-state index in [1.165, 1.54) is 13.2 Å². The van der Waals surface area contributed by atoms with Crippen LogP contribution >= 0.6 is 0 Å². The van der Waals surface area contributed by atoms with E-state index in [1.54, 1.807) is 0 Å². The van der Waals surface area contributed by atoms with Crippen LogP contribution < -0.4 is 10.5 Å². The van der Waals surface area contributed by atoms with Crippen molar-refractivity contribution in [2.24, 2.45) is 5.73 Å². The molecule has 15 heavy (non-hydrogen) atoms. The normalized spacial score (nSPS) is 17.6. The molecule has 1 fully saturated rings. The molecule has 0 amide bonds. The number of nitrogens with two attached hydrogens (primary N) is 1. The van der Waals surface area contributed by atoms with Crippen molar-refractivity contribution in [3.05, 3.63) is 29.3 Å². The van der Waals surface area contributed by atoms with Gasteiger partial charge in [-0.25, -0.2) is 8.78 Å². The number of halogens is 2. The smallest absolute Gasteiger partial charge is 0.165 e. The minimum Gasteiger partial charge on any atom is -0.494 e. The summed E-state index contributed by atoms with van der Waals surface area (Å²) in [5.41, 5.74) is 5.86. The Morgan fingerprint density at radius 3 is 2.53 bits per heavy atom. The minimum absolute atomic E-state index is 0.0712. The molecule has 0 radical (unpaired) electrons. The van der Waals surface area contributed by atoms with E-state index in [0.717, 1.165) is 18.9 Å². The summed E-state index contributed by atoms with van der Waals surface area (Å²) >= 11 is 0. The van der Waals surface area contributed by atoms with Crippen LogP contribution in [0.3, 0.4) is 0 Å². The Bertz CT molecular complexity index is 388. The fourth-order valence-corrected chi connectivity index (χ4v) is 1.58. The van der Waals surface area contributed by atoms with E-state index in [2.05, 4.69) is 4.74 Å². The number of benzene rings is 1. The second-order valence-corrected chi connectivity index (χ2v) is 4.12. The van der Waals surface area contributed by atoms with Gasteiger partial charge in [-0.15, -0.1) is 0 Å². The Balaban J connectivity index is 2.28. The van der Waals surface area contributed by atoms with E-state index in [-0.39, 0.29) is 11.3 Å². The molecule has 1 aromatic rings. The fraction of sp³-hybridized carbons (Fsp3) is 0.455. The van der Waals surface area contributed by atoms with Crippen molar-refractivity contribution in [3.63, 3.8) is 0 Å². The highest BCUT2D eigenvalue weighted by molar-refractivity contribution is 5.32. The van der Waals surface area contributed by atoms with Crippen LogP contribution in [-0.2, 0) is 6.42 Å². The SMILES string of the molecule is COc1cc(F)c(CC2(N)CC2)cc1F. The van der Waals surface area contributed by atoms with Gasteiger partial charge in [0.05, 0.1) is 7.11 Å². The third-order valence-corrected chi connectivity index (χ3v) is 2.76. The van der Waals surface area contributed by atoms with Gasteiger partial charge >= 0.3 is 0 Å². The molecule has 4 heteroatoms. The maximum absolute atomic E-state index is 13.5. The molecule has 0 unspecified atom stereocenters. The predicted molar refractivity (Wildman–Crippen MR) is 52.8 cm³/mol. The van der Waals surface area contributed by atoms with Gasteiger partial charge in [-0.3, -0.25) is 0 Å². The van der Waals surface area contributed by atoms with Crippen LogP contribution in [0, 0.1) is 11.6 Å². The summed E-state index contributed by atoms with van der Waals surface area (Å²) in [4.78, 5) is 0. The number of hydrogen-bond donors (Lipinski definition) is 1. The maximum Gasteiger partial charge on any atom is 0.165 e. The molecule has 1 saturated carbocycles. The summed E-state index contributed by atoms with van der Waals surface area (Å²) in [6.45, 7) is 0. The lowest BCUT2D eigenvalue weighted by Crippen LogP contribution is -2.25. The van der Waals surface area contributed by atoms with Crippen LogP contribution in [-0.4, -0.2) is 12.6 Å². The van der Waals surface area contributed by atoms with Crippen molar-refractivity contribution in [2.75, 3.05) is 7.11 Å². The van der Waals surface area contributed by atoms with E-state index < -0.39 is 11.6 Å². The van der Waals surface area contributed by atoms with Crippen molar-refractivity contribution >= 4 is 0 Å². The number of ether oxygens (including phenoxy) is 1. The first-order valence-electron chi connectivity index (χ1n) is 4.85. The fourth-order valence-electron chi connectivity index (χ4n) is 1.58. The molecule has 2 nitrogen and oxygen atoms in total. The van der Waals surface area contributed by atoms with E-state index in [9.17, 15) is 8.78 Å². The summed E-state index contributed by atoms with van der Waals surface area (Å²) in [7, 11) is 1.31. The lowest BCUT2D eigenvalue weighted by atomic mass is 10.0. The molecule has 0 saturated heterocycles. The summed E-state index contributed by atoms with van der Waals surface area (Å²) in [6, 6.07) is 2.23. The van der Waals surface area contributed by atoms with Crippen molar-refractivity contribution in [1.82, 2.24) is 0 Å². The second kappa shape index (κ2) is 3.45. The molecular weight excluding hydrogens is 200 g/mol. The summed E-state index contributed by atoms with van der Waals surface area (Å²) < 4.78 is 31.4. The number of hydrogen-bond acceptors (Lipinski definition) is 2. The largest absolute Gasteiger partial charge is 0.494 e. The molecule has 1 aromatic carbocycles. The van der Waals surface area contributed by atoms with Gasteiger partial charge in [-0.2, -0.15) is 0 Å². The van der Waals surface area contributed by atoms with E-state index in [4.69, 9.17) is 5.73 Å². The lowest BCUT2D eigenvalue weighted by molar-refractivity contribution is 0.381. The molecule has 2 N–H and O–H groups in total. The number of rotatable bonds is 3. The zero-order chi connectivity index (χ0) is 11.1. The monoisotopic (exact) mass is 213 g/mol. The quantitative estimate of drug-likeness (QED) is 0.833. The highest BCUT2D eigenvalue weighted by Crippen LogP contribution is 2.36. The highest BCUT2D eigenvalue weighted by atomic mass is 19.1. The maximum atomic E-state index is 13.5. The molecular formula is C11H13F2NO. The molecule has 1 aliphatic carbocycles. The van der Waals surface area contributed by atoms with Crippen LogP contribution in [0.2, 0.25) is 0 Å². The molecule has 0 bridgehead atoms. The van der Waals surface area contributed by atoms with E-state index in [1.807, 2.05) is 0 Å². The first-order valence-corrected chi connectivity index (χ1v) is 4.85. The Hall–Kier alpha value is -1.16. The summed E-state index contributed by atoms with van der Waals surface area (Å²) in [5, 5.41) is 0. The first kappa shape index (κ1) is 10.4. The van der Waals surface area contributed by atoms with Gasteiger partial charge in [0.2, 0.25) is 0 Å². The molecule has 2 rings (SSSR count). The molecule has 0 spiro atoms. The molecule has 0 aliphatic heterocycles. The summed E-state index contributed by atoms with van der Waals surface area (Å²) in [6.07, 6.45) is 2.14. The van der Waals surface area contributed by atoms with Crippen molar-refractivity contribution in [1.29, 1.82) is 0 Å². The third-order valence-electron chi connectivity index (χ3n) is 2.76. The van der Waals surface area contributed by atoms with Crippen LogP contribution in [0.4, 0.5) is 8.78 Å². The van der Waals surface area contributed by atoms with Crippen LogP contribution in [0.5, 0.6) is 5.75 Å². The zero-order valence-electron chi connectivity index (χ0n) is 8.52. The zero-order valence-corrected chi connectivity index (χ0v) is 8.52. The molecule has 82 valence electrons. The van der Waals surface area contributed by atoms with Gasteiger partial charge in [0, 0.05) is 11.6 Å². The average molecular weight is 213 g/mol. The van der Waals surface area contributed by atoms with E-state index in [0.29, 0.717) is 12.0 Å². The average Bonchev–Trinajstić information content (AvgIpc) is 2.89. The van der Waals surface area contributed by atoms with Crippen molar-refractivity contribution < 1.29 is 13.5 Å². The molecule has 0 atom stereocenters. The molecule has 1 aliphatic rings. The van der Waals surface area contributed by atoms with Crippen LogP contribution in [0.1, 0.15) is 18.4 Å². The van der Waals surface area contributed by atoms with Crippen LogP contribution in [0.15, 0.2) is 12.1 Å². The van der Waals surface area contributed by atoms with Gasteiger partial charge in [-0.05, 0) is 30.9 Å². The van der Waals surface area contributed by atoms with Gasteiger partial charge in [0.1, 0.15) is 5.82 Å². The predicted octanol–water partition coefficient (Wildman–Crippen LogP) is 2.01. The Kier molecular flexibility index (Phi) is 2.38. The van der Waals surface area contributed by atoms with Gasteiger partial charge in [0.25, 0.3) is 0 Å². The minimum atomic E-state index is -0.543. The van der Waals surface area contributed by atoms with Crippen molar-refractivity contribution in [3.8, 4) is 5.75 Å². The Morgan fingerprint density at radius 1 is 1.33 bits per heavy atom. The molecule has 0 heterocycles. The molecule has 0 aromatic heterocycles. The Labute approximate surface area is 87.0 Å². The standard InChI is InChI=1S/C11H13F2NO/c1-15-10-5-8(12)7(4-9(10)13)6-11(14)2-3-11/h4-5H,2-3,6,14H2,1H3. The summed E-state index contributed by atoms with van der Waals surface area (Å²) in [5.74, 6) is -1.07. The topological polar surface area (TPSA) is 35.2 Å². The second-order valence-electron chi connectivity index (χ2n) is 4.12. The Morgan fingerprint density at radius 2 is 2.00 bits per heavy atom. The van der Waals surface area contributed by atoms with Gasteiger partial charge in [-0.1, -0.05) is 0 Å². The first-order chi connectivity index (χ1) is 7.04. The van der Waals surface area contributed by atoms with Gasteiger partial charge < -0.3 is 10.5 Å². The third kappa shape index (κ3) is 2.09. The van der Waals surface area contributed by atoms with E-state index >= 15 is 0 Å². The van der Waals surface area contributed by atoms with Crippen LogP contribution in [0.25, 0.3) is 0 Å². The highest BCUT2D eigenvalue weighted by Gasteiger charge is 2.38. The van der Waals surface area contributed by atoms with Crippen molar-refractivity contribution in [2.45, 2.75) is 24.8 Å².